The van der Waals surface area contributed by atoms with Gasteiger partial charge in [0.1, 0.15) is 24.5 Å². The summed E-state index contributed by atoms with van der Waals surface area (Å²) >= 11 is 0. The minimum absolute atomic E-state index is 0.217. The number of carbonyl (C=O) groups is 1. The van der Waals surface area contributed by atoms with Crippen molar-refractivity contribution in [1.82, 2.24) is 9.97 Å². The summed E-state index contributed by atoms with van der Waals surface area (Å²) in [6.07, 6.45) is 2.40. The average Bonchev–Trinajstić information content (AvgIpc) is 2.79. The topological polar surface area (TPSA) is 90.1 Å². The summed E-state index contributed by atoms with van der Waals surface area (Å²) in [5, 5.41) is 3.62. The zero-order valence-electron chi connectivity index (χ0n) is 16.6. The van der Waals surface area contributed by atoms with Crippen molar-refractivity contribution in [2.45, 2.75) is 20.0 Å². The number of hydrogen-bond acceptors (Lipinski definition) is 5. The van der Waals surface area contributed by atoms with E-state index in [9.17, 15) is 4.79 Å². The maximum atomic E-state index is 12.9. The lowest BCUT2D eigenvalue weighted by molar-refractivity contribution is 0.102. The third-order valence-corrected chi connectivity index (χ3v) is 4.91. The number of nitrogen functional groups attached to an aromatic ring is 1. The molecule has 0 spiro atoms. The number of ether oxygens (including phenoxy) is 1. The van der Waals surface area contributed by atoms with Crippen LogP contribution in [0.1, 0.15) is 28.4 Å². The SMILES string of the molecule is CCc1ccc(OCc2ccccc2C(=O)Nc2ccc3ncnc(N)c3c2)cc1. The van der Waals surface area contributed by atoms with Gasteiger partial charge in [0.15, 0.2) is 0 Å². The van der Waals surface area contributed by atoms with Gasteiger partial charge in [-0.25, -0.2) is 9.97 Å². The molecule has 1 aromatic heterocycles. The maximum Gasteiger partial charge on any atom is 0.256 e. The van der Waals surface area contributed by atoms with Crippen LogP contribution in [0.15, 0.2) is 73.1 Å². The zero-order chi connectivity index (χ0) is 20.9. The van der Waals surface area contributed by atoms with E-state index in [0.717, 1.165) is 23.3 Å². The van der Waals surface area contributed by atoms with Gasteiger partial charge in [-0.2, -0.15) is 0 Å². The molecule has 1 heterocycles. The van der Waals surface area contributed by atoms with Crippen molar-refractivity contribution in [2.24, 2.45) is 0 Å². The summed E-state index contributed by atoms with van der Waals surface area (Å²) in [5.74, 6) is 0.928. The summed E-state index contributed by atoms with van der Waals surface area (Å²) in [7, 11) is 0. The molecule has 0 saturated carbocycles. The van der Waals surface area contributed by atoms with Crippen LogP contribution in [0.5, 0.6) is 5.75 Å². The Bertz CT molecular complexity index is 1190. The number of anilines is 2. The van der Waals surface area contributed by atoms with Gasteiger partial charge in [-0.05, 0) is 48.4 Å². The van der Waals surface area contributed by atoms with Gasteiger partial charge in [0.25, 0.3) is 5.91 Å². The Kier molecular flexibility index (Phi) is 5.57. The van der Waals surface area contributed by atoms with Crippen LogP contribution in [-0.2, 0) is 13.0 Å². The molecule has 150 valence electrons. The number of benzene rings is 3. The van der Waals surface area contributed by atoms with Gasteiger partial charge in [0.05, 0.1) is 5.52 Å². The molecule has 0 atom stereocenters. The highest BCUT2D eigenvalue weighted by Gasteiger charge is 2.13. The highest BCUT2D eigenvalue weighted by atomic mass is 16.5. The van der Waals surface area contributed by atoms with Crippen molar-refractivity contribution in [3.8, 4) is 5.75 Å². The molecule has 4 aromatic rings. The Hall–Kier alpha value is -3.93. The van der Waals surface area contributed by atoms with E-state index in [1.54, 1.807) is 24.3 Å². The number of hydrogen-bond donors (Lipinski definition) is 2. The van der Waals surface area contributed by atoms with Crippen molar-refractivity contribution in [3.05, 3.63) is 89.7 Å². The molecular weight excluding hydrogens is 376 g/mol. The lowest BCUT2D eigenvalue weighted by Gasteiger charge is -2.12. The van der Waals surface area contributed by atoms with Crippen LogP contribution in [-0.4, -0.2) is 15.9 Å². The van der Waals surface area contributed by atoms with E-state index in [1.807, 2.05) is 42.5 Å². The van der Waals surface area contributed by atoms with E-state index in [-0.39, 0.29) is 5.91 Å². The van der Waals surface area contributed by atoms with Crippen LogP contribution in [0.4, 0.5) is 11.5 Å². The van der Waals surface area contributed by atoms with Crippen molar-refractivity contribution in [3.63, 3.8) is 0 Å². The molecule has 30 heavy (non-hydrogen) atoms. The first-order valence-corrected chi connectivity index (χ1v) is 9.75. The van der Waals surface area contributed by atoms with Gasteiger partial charge >= 0.3 is 0 Å². The molecule has 0 saturated heterocycles. The number of nitrogens with one attached hydrogen (secondary N) is 1. The standard InChI is InChI=1S/C24H22N4O2/c1-2-16-7-10-19(11-8-16)30-14-17-5-3-4-6-20(17)24(29)28-18-9-12-22-21(13-18)23(25)27-15-26-22/h3-13,15H,2,14H2,1H3,(H,28,29)(H2,25,26,27). The molecule has 3 aromatic carbocycles. The number of aryl methyl sites for hydroxylation is 1. The number of amides is 1. The normalized spacial score (nSPS) is 10.7. The van der Waals surface area contributed by atoms with E-state index in [4.69, 9.17) is 10.5 Å². The molecule has 0 fully saturated rings. The summed E-state index contributed by atoms with van der Waals surface area (Å²) in [6.45, 7) is 2.41. The summed E-state index contributed by atoms with van der Waals surface area (Å²) in [5.41, 5.74) is 9.89. The second kappa shape index (κ2) is 8.61. The van der Waals surface area contributed by atoms with Crippen LogP contribution in [0.3, 0.4) is 0 Å². The van der Waals surface area contributed by atoms with Gasteiger partial charge in [-0.15, -0.1) is 0 Å². The molecule has 0 unspecified atom stereocenters. The molecule has 0 aliphatic rings. The molecule has 4 rings (SSSR count). The van der Waals surface area contributed by atoms with Crippen LogP contribution in [0.25, 0.3) is 10.9 Å². The molecule has 0 bridgehead atoms. The van der Waals surface area contributed by atoms with Gasteiger partial charge < -0.3 is 15.8 Å². The zero-order valence-corrected chi connectivity index (χ0v) is 16.6. The van der Waals surface area contributed by atoms with Crippen molar-refractivity contribution < 1.29 is 9.53 Å². The Morgan fingerprint density at radius 3 is 2.63 bits per heavy atom. The number of aromatic nitrogens is 2. The first-order chi connectivity index (χ1) is 14.6. The number of fused-ring (bicyclic) bond motifs is 1. The highest BCUT2D eigenvalue weighted by molar-refractivity contribution is 6.06. The van der Waals surface area contributed by atoms with Crippen LogP contribution in [0.2, 0.25) is 0 Å². The minimum atomic E-state index is -0.217. The van der Waals surface area contributed by atoms with Gasteiger partial charge in [0, 0.05) is 22.2 Å². The Balaban J connectivity index is 1.51. The minimum Gasteiger partial charge on any atom is -0.489 e. The maximum absolute atomic E-state index is 12.9. The molecule has 6 nitrogen and oxygen atoms in total. The van der Waals surface area contributed by atoms with Crippen molar-refractivity contribution in [2.75, 3.05) is 11.1 Å². The van der Waals surface area contributed by atoms with Gasteiger partial charge in [-0.1, -0.05) is 37.3 Å². The van der Waals surface area contributed by atoms with E-state index in [1.165, 1.54) is 11.9 Å². The first kappa shape index (κ1) is 19.4. The molecule has 6 heteroatoms. The third-order valence-electron chi connectivity index (χ3n) is 4.91. The Labute approximate surface area is 174 Å². The molecule has 0 aliphatic carbocycles. The van der Waals surface area contributed by atoms with E-state index >= 15 is 0 Å². The molecule has 0 radical (unpaired) electrons. The van der Waals surface area contributed by atoms with Gasteiger partial charge in [0.2, 0.25) is 0 Å². The average molecular weight is 398 g/mol. The molecule has 1 amide bonds. The van der Waals surface area contributed by atoms with Crippen LogP contribution in [0, 0.1) is 0 Å². The van der Waals surface area contributed by atoms with Crippen LogP contribution < -0.4 is 15.8 Å². The Morgan fingerprint density at radius 1 is 1.03 bits per heavy atom. The second-order valence-electron chi connectivity index (χ2n) is 6.89. The van der Waals surface area contributed by atoms with Gasteiger partial charge in [-0.3, -0.25) is 4.79 Å². The van der Waals surface area contributed by atoms with E-state index in [0.29, 0.717) is 29.1 Å². The monoisotopic (exact) mass is 398 g/mol. The lowest BCUT2D eigenvalue weighted by atomic mass is 10.1. The molecule has 0 aliphatic heterocycles. The van der Waals surface area contributed by atoms with Crippen LogP contribution >= 0.6 is 0 Å². The smallest absolute Gasteiger partial charge is 0.256 e. The van der Waals surface area contributed by atoms with Crippen molar-refractivity contribution >= 4 is 28.3 Å². The Morgan fingerprint density at radius 2 is 1.83 bits per heavy atom. The quantitative estimate of drug-likeness (QED) is 0.495. The highest BCUT2D eigenvalue weighted by Crippen LogP contribution is 2.22. The fourth-order valence-corrected chi connectivity index (χ4v) is 3.20. The molecular formula is C24H22N4O2. The number of rotatable bonds is 6. The third kappa shape index (κ3) is 4.22. The summed E-state index contributed by atoms with van der Waals surface area (Å²) in [6, 6.07) is 20.8. The summed E-state index contributed by atoms with van der Waals surface area (Å²) < 4.78 is 5.89. The second-order valence-corrected chi connectivity index (χ2v) is 6.89. The van der Waals surface area contributed by atoms with Crippen molar-refractivity contribution in [1.29, 1.82) is 0 Å². The fourth-order valence-electron chi connectivity index (χ4n) is 3.20. The summed E-state index contributed by atoms with van der Waals surface area (Å²) in [4.78, 5) is 21.1. The number of carbonyl (C=O) groups excluding carboxylic acids is 1. The lowest BCUT2D eigenvalue weighted by Crippen LogP contribution is -2.15. The largest absolute Gasteiger partial charge is 0.489 e. The predicted octanol–water partition coefficient (Wildman–Crippen LogP) is 4.61. The fraction of sp³-hybridized carbons (Fsp3) is 0.125. The number of nitrogens with zero attached hydrogens (tertiary/aromatic N) is 2. The molecule has 3 N–H and O–H groups in total. The first-order valence-electron chi connectivity index (χ1n) is 9.75. The van der Waals surface area contributed by atoms with E-state index in [2.05, 4.69) is 22.2 Å². The predicted molar refractivity (Wildman–Crippen MR) is 118 cm³/mol. The van der Waals surface area contributed by atoms with E-state index < -0.39 is 0 Å². The number of nitrogens with two attached hydrogens (primary N) is 1.